The van der Waals surface area contributed by atoms with E-state index in [1.807, 2.05) is 13.8 Å². The molecular formula is C8H18N2O2. The van der Waals surface area contributed by atoms with Crippen LogP contribution < -0.4 is 11.1 Å². The molecule has 72 valence electrons. The molecule has 1 amide bonds. The Bertz CT molecular complexity index is 144. The Morgan fingerprint density at radius 3 is 2.33 bits per heavy atom. The first kappa shape index (κ1) is 11.4. The smallest absolute Gasteiger partial charge is 0.240 e. The van der Waals surface area contributed by atoms with Gasteiger partial charge in [-0.15, -0.1) is 0 Å². The molecule has 0 aromatic heterocycles. The Kier molecular flexibility index (Phi) is 4.85. The van der Waals surface area contributed by atoms with Gasteiger partial charge in [0.1, 0.15) is 0 Å². The topological polar surface area (TPSA) is 75.4 Å². The van der Waals surface area contributed by atoms with Crippen LogP contribution in [0.25, 0.3) is 0 Å². The van der Waals surface area contributed by atoms with Crippen LogP contribution in [0.4, 0.5) is 0 Å². The van der Waals surface area contributed by atoms with E-state index in [2.05, 4.69) is 5.32 Å². The minimum atomic E-state index is -0.769. The Morgan fingerprint density at radius 2 is 2.00 bits per heavy atom. The fourth-order valence-corrected chi connectivity index (χ4v) is 0.917. The van der Waals surface area contributed by atoms with Crippen LogP contribution in [-0.4, -0.2) is 29.7 Å². The highest BCUT2D eigenvalue weighted by Crippen LogP contribution is 2.10. The molecule has 0 saturated heterocycles. The fourth-order valence-electron chi connectivity index (χ4n) is 0.917. The van der Waals surface area contributed by atoms with E-state index in [4.69, 9.17) is 10.8 Å². The van der Waals surface area contributed by atoms with Crippen LogP contribution in [0.1, 0.15) is 26.7 Å². The monoisotopic (exact) mass is 174 g/mol. The van der Waals surface area contributed by atoms with E-state index in [-0.39, 0.29) is 19.1 Å². The second-order valence-electron chi connectivity index (χ2n) is 2.84. The van der Waals surface area contributed by atoms with E-state index < -0.39 is 5.54 Å². The van der Waals surface area contributed by atoms with Crippen molar-refractivity contribution in [2.45, 2.75) is 32.2 Å². The molecule has 0 radical (unpaired) electrons. The van der Waals surface area contributed by atoms with Gasteiger partial charge in [-0.2, -0.15) is 0 Å². The molecule has 0 spiro atoms. The Hall–Kier alpha value is -0.610. The van der Waals surface area contributed by atoms with Crippen LogP contribution in [0.15, 0.2) is 0 Å². The SMILES string of the molecule is CCC(N)(CC)C(=O)NCCO. The molecule has 0 unspecified atom stereocenters. The predicted molar refractivity (Wildman–Crippen MR) is 47.6 cm³/mol. The van der Waals surface area contributed by atoms with E-state index >= 15 is 0 Å². The van der Waals surface area contributed by atoms with Gasteiger partial charge in [-0.25, -0.2) is 0 Å². The number of carbonyl (C=O) groups is 1. The average molecular weight is 174 g/mol. The standard InChI is InChI=1S/C8H18N2O2/c1-3-8(9,4-2)7(12)10-5-6-11/h11H,3-6,9H2,1-2H3,(H,10,12). The molecule has 0 aliphatic carbocycles. The van der Waals surface area contributed by atoms with Gasteiger partial charge in [0.2, 0.25) is 5.91 Å². The van der Waals surface area contributed by atoms with Gasteiger partial charge in [0.05, 0.1) is 12.1 Å². The molecule has 0 heterocycles. The van der Waals surface area contributed by atoms with Crippen molar-refractivity contribution in [3.8, 4) is 0 Å². The third kappa shape index (κ3) is 2.79. The number of rotatable bonds is 5. The lowest BCUT2D eigenvalue weighted by atomic mass is 9.93. The fraction of sp³-hybridized carbons (Fsp3) is 0.875. The lowest BCUT2D eigenvalue weighted by Crippen LogP contribution is -2.53. The van der Waals surface area contributed by atoms with Crippen molar-refractivity contribution in [1.29, 1.82) is 0 Å². The highest BCUT2D eigenvalue weighted by Gasteiger charge is 2.28. The Morgan fingerprint density at radius 1 is 1.50 bits per heavy atom. The lowest BCUT2D eigenvalue weighted by molar-refractivity contribution is -0.126. The summed E-state index contributed by atoms with van der Waals surface area (Å²) >= 11 is 0. The Balaban J connectivity index is 4.03. The van der Waals surface area contributed by atoms with Crippen molar-refractivity contribution in [1.82, 2.24) is 5.32 Å². The van der Waals surface area contributed by atoms with Gasteiger partial charge in [0.25, 0.3) is 0 Å². The molecule has 4 nitrogen and oxygen atoms in total. The molecule has 0 atom stereocenters. The average Bonchev–Trinajstić information content (AvgIpc) is 2.12. The number of carbonyl (C=O) groups excluding carboxylic acids is 1. The molecule has 12 heavy (non-hydrogen) atoms. The zero-order valence-corrected chi connectivity index (χ0v) is 7.76. The highest BCUT2D eigenvalue weighted by molar-refractivity contribution is 5.85. The summed E-state index contributed by atoms with van der Waals surface area (Å²) in [6.45, 7) is 3.98. The van der Waals surface area contributed by atoms with Crippen LogP contribution in [0.2, 0.25) is 0 Å². The maximum absolute atomic E-state index is 11.3. The maximum atomic E-state index is 11.3. The van der Waals surface area contributed by atoms with Crippen molar-refractivity contribution in [3.63, 3.8) is 0 Å². The molecule has 0 aromatic rings. The second kappa shape index (κ2) is 5.11. The maximum Gasteiger partial charge on any atom is 0.240 e. The summed E-state index contributed by atoms with van der Waals surface area (Å²) in [5.74, 6) is -0.179. The van der Waals surface area contributed by atoms with Gasteiger partial charge in [0.15, 0.2) is 0 Å². The van der Waals surface area contributed by atoms with Crippen LogP contribution in [0, 0.1) is 0 Å². The largest absolute Gasteiger partial charge is 0.395 e. The van der Waals surface area contributed by atoms with Gasteiger partial charge >= 0.3 is 0 Å². The van der Waals surface area contributed by atoms with Crippen LogP contribution in [-0.2, 0) is 4.79 Å². The van der Waals surface area contributed by atoms with Gasteiger partial charge in [-0.3, -0.25) is 4.79 Å². The highest BCUT2D eigenvalue weighted by atomic mass is 16.3. The third-order valence-electron chi connectivity index (χ3n) is 2.11. The zero-order chi connectivity index (χ0) is 9.61. The molecule has 0 fully saturated rings. The summed E-state index contributed by atoms with van der Waals surface area (Å²) in [4.78, 5) is 11.3. The van der Waals surface area contributed by atoms with E-state index in [9.17, 15) is 4.79 Å². The van der Waals surface area contributed by atoms with Gasteiger partial charge in [-0.05, 0) is 12.8 Å². The normalized spacial score (nSPS) is 11.3. The molecule has 4 N–H and O–H groups in total. The van der Waals surface area contributed by atoms with Crippen molar-refractivity contribution < 1.29 is 9.90 Å². The zero-order valence-electron chi connectivity index (χ0n) is 7.76. The van der Waals surface area contributed by atoms with Crippen molar-refractivity contribution in [3.05, 3.63) is 0 Å². The summed E-state index contributed by atoms with van der Waals surface area (Å²) in [6.07, 6.45) is 1.22. The number of amides is 1. The van der Waals surface area contributed by atoms with Crippen LogP contribution in [0.5, 0.6) is 0 Å². The number of hydrogen-bond acceptors (Lipinski definition) is 3. The Labute approximate surface area is 73.1 Å². The summed E-state index contributed by atoms with van der Waals surface area (Å²) in [6, 6.07) is 0. The summed E-state index contributed by atoms with van der Waals surface area (Å²) in [5.41, 5.74) is 5.02. The van der Waals surface area contributed by atoms with Gasteiger partial charge in [-0.1, -0.05) is 13.8 Å². The molecule has 0 saturated carbocycles. The molecule has 0 rings (SSSR count). The van der Waals surface area contributed by atoms with Crippen molar-refractivity contribution in [2.24, 2.45) is 5.73 Å². The first-order valence-electron chi connectivity index (χ1n) is 4.28. The number of nitrogens with two attached hydrogens (primary N) is 1. The quantitative estimate of drug-likeness (QED) is 0.531. The molecule has 0 aliphatic heterocycles. The van der Waals surface area contributed by atoms with E-state index in [0.29, 0.717) is 12.8 Å². The summed E-state index contributed by atoms with van der Waals surface area (Å²) in [7, 11) is 0. The second-order valence-corrected chi connectivity index (χ2v) is 2.84. The van der Waals surface area contributed by atoms with Gasteiger partial charge < -0.3 is 16.2 Å². The first-order chi connectivity index (χ1) is 5.60. The molecular weight excluding hydrogens is 156 g/mol. The van der Waals surface area contributed by atoms with Crippen LogP contribution in [0.3, 0.4) is 0 Å². The minimum Gasteiger partial charge on any atom is -0.395 e. The predicted octanol–water partition coefficient (Wildman–Crippen LogP) is -0.388. The van der Waals surface area contributed by atoms with Crippen molar-refractivity contribution >= 4 is 5.91 Å². The molecule has 0 bridgehead atoms. The minimum absolute atomic E-state index is 0.0464. The molecule has 0 aromatic carbocycles. The third-order valence-corrected chi connectivity index (χ3v) is 2.11. The molecule has 4 heteroatoms. The van der Waals surface area contributed by atoms with E-state index in [0.717, 1.165) is 0 Å². The lowest BCUT2D eigenvalue weighted by Gasteiger charge is -2.24. The van der Waals surface area contributed by atoms with E-state index in [1.54, 1.807) is 0 Å². The van der Waals surface area contributed by atoms with Gasteiger partial charge in [0, 0.05) is 6.54 Å². The van der Waals surface area contributed by atoms with Crippen LogP contribution >= 0.6 is 0 Å². The first-order valence-corrected chi connectivity index (χ1v) is 4.28. The number of hydrogen-bond donors (Lipinski definition) is 3. The number of nitrogens with one attached hydrogen (secondary N) is 1. The summed E-state index contributed by atoms with van der Waals surface area (Å²) < 4.78 is 0. The van der Waals surface area contributed by atoms with Crippen molar-refractivity contribution in [2.75, 3.05) is 13.2 Å². The number of aliphatic hydroxyl groups is 1. The number of aliphatic hydroxyl groups excluding tert-OH is 1. The molecule has 0 aliphatic rings. The summed E-state index contributed by atoms with van der Waals surface area (Å²) in [5, 5.41) is 11.0. The van der Waals surface area contributed by atoms with E-state index in [1.165, 1.54) is 0 Å².